The number of esters is 1. The molecular formula is C23H20N2O3. The number of nitrogens with one attached hydrogen (secondary N) is 1. The normalized spacial score (nSPS) is 12.0. The van der Waals surface area contributed by atoms with Gasteiger partial charge in [0.1, 0.15) is 11.8 Å². The second-order valence-corrected chi connectivity index (χ2v) is 6.61. The van der Waals surface area contributed by atoms with Gasteiger partial charge in [0.2, 0.25) is 0 Å². The number of para-hydroxylation sites is 2. The molecule has 0 bridgehead atoms. The average molecular weight is 372 g/mol. The molecule has 28 heavy (non-hydrogen) atoms. The van der Waals surface area contributed by atoms with Gasteiger partial charge in [-0.25, -0.2) is 9.78 Å². The Morgan fingerprint density at radius 3 is 2.11 bits per heavy atom. The fourth-order valence-corrected chi connectivity index (χ4v) is 3.37. The second-order valence-electron chi connectivity index (χ2n) is 6.61. The van der Waals surface area contributed by atoms with E-state index < -0.39 is 6.04 Å². The van der Waals surface area contributed by atoms with Gasteiger partial charge in [0, 0.05) is 17.2 Å². The van der Waals surface area contributed by atoms with Crippen LogP contribution in [0.1, 0.15) is 5.56 Å². The lowest BCUT2D eigenvalue weighted by molar-refractivity contribution is -0.141. The molecule has 1 unspecified atom stereocenters. The molecule has 0 radical (unpaired) electrons. The summed E-state index contributed by atoms with van der Waals surface area (Å²) < 4.78 is 5.04. The summed E-state index contributed by atoms with van der Waals surface area (Å²) in [4.78, 5) is 17.2. The van der Waals surface area contributed by atoms with Gasteiger partial charge in [-0.15, -0.1) is 0 Å². The van der Waals surface area contributed by atoms with Crippen LogP contribution >= 0.6 is 0 Å². The van der Waals surface area contributed by atoms with Crippen molar-refractivity contribution in [2.45, 2.75) is 12.5 Å². The van der Waals surface area contributed by atoms with E-state index in [1.165, 1.54) is 7.11 Å². The molecule has 4 aromatic rings. The summed E-state index contributed by atoms with van der Waals surface area (Å²) in [5.74, 6) is -0.157. The zero-order chi connectivity index (χ0) is 19.5. The van der Waals surface area contributed by atoms with Crippen molar-refractivity contribution in [2.75, 3.05) is 12.4 Å². The van der Waals surface area contributed by atoms with Gasteiger partial charge in [-0.1, -0.05) is 48.5 Å². The number of anilines is 1. The molecule has 0 spiro atoms. The standard InChI is InChI=1S/C23H20N2O3/c1-28-23(27)21(14-15-10-12-16(26)13-11-15)25-22-17-6-2-4-8-19(17)24-20-9-5-3-7-18(20)22/h2-13,21,26H,14H2,1H3,(H,24,25). The number of phenolic OH excluding ortho intramolecular Hbond substituents is 1. The number of methoxy groups -OCH3 is 1. The number of aromatic hydroxyl groups is 1. The summed E-state index contributed by atoms with van der Waals surface area (Å²) in [6, 6.07) is 22.0. The molecule has 1 heterocycles. The van der Waals surface area contributed by atoms with E-state index in [0.717, 1.165) is 33.1 Å². The monoisotopic (exact) mass is 372 g/mol. The maximum Gasteiger partial charge on any atom is 0.328 e. The third-order valence-electron chi connectivity index (χ3n) is 4.77. The zero-order valence-electron chi connectivity index (χ0n) is 15.4. The minimum absolute atomic E-state index is 0.192. The number of carbonyl (C=O) groups is 1. The molecule has 0 saturated heterocycles. The van der Waals surface area contributed by atoms with Crippen LogP contribution in [0.2, 0.25) is 0 Å². The van der Waals surface area contributed by atoms with Crippen LogP contribution in [0.5, 0.6) is 5.75 Å². The summed E-state index contributed by atoms with van der Waals surface area (Å²) in [6.45, 7) is 0. The molecule has 140 valence electrons. The summed E-state index contributed by atoms with van der Waals surface area (Å²) in [7, 11) is 1.39. The van der Waals surface area contributed by atoms with E-state index in [1.807, 2.05) is 48.5 Å². The van der Waals surface area contributed by atoms with Crippen molar-refractivity contribution in [3.05, 3.63) is 78.4 Å². The van der Waals surface area contributed by atoms with E-state index in [1.54, 1.807) is 24.3 Å². The number of rotatable bonds is 5. The fraction of sp³-hybridized carbons (Fsp3) is 0.130. The lowest BCUT2D eigenvalue weighted by Gasteiger charge is -2.20. The number of carbonyl (C=O) groups excluding carboxylic acids is 1. The van der Waals surface area contributed by atoms with Crippen molar-refractivity contribution in [1.82, 2.24) is 4.98 Å². The lowest BCUT2D eigenvalue weighted by Crippen LogP contribution is -2.33. The van der Waals surface area contributed by atoms with Crippen molar-refractivity contribution >= 4 is 33.5 Å². The smallest absolute Gasteiger partial charge is 0.328 e. The summed E-state index contributed by atoms with van der Waals surface area (Å²) in [5, 5.41) is 14.8. The van der Waals surface area contributed by atoms with Gasteiger partial charge in [-0.3, -0.25) is 0 Å². The van der Waals surface area contributed by atoms with Crippen molar-refractivity contribution < 1.29 is 14.6 Å². The molecule has 0 aliphatic rings. The summed E-state index contributed by atoms with van der Waals surface area (Å²) >= 11 is 0. The predicted molar refractivity (Wildman–Crippen MR) is 110 cm³/mol. The molecule has 5 heteroatoms. The maximum atomic E-state index is 12.5. The topological polar surface area (TPSA) is 71.5 Å². The van der Waals surface area contributed by atoms with Gasteiger partial charge in [0.15, 0.2) is 0 Å². The van der Waals surface area contributed by atoms with Gasteiger partial charge in [-0.2, -0.15) is 0 Å². The number of hydrogen-bond acceptors (Lipinski definition) is 5. The van der Waals surface area contributed by atoms with Crippen molar-refractivity contribution in [1.29, 1.82) is 0 Å². The Balaban J connectivity index is 1.79. The van der Waals surface area contributed by atoms with Gasteiger partial charge in [-0.05, 0) is 29.8 Å². The maximum absolute atomic E-state index is 12.5. The molecule has 5 nitrogen and oxygen atoms in total. The van der Waals surface area contributed by atoms with E-state index >= 15 is 0 Å². The van der Waals surface area contributed by atoms with Gasteiger partial charge >= 0.3 is 5.97 Å². The molecule has 0 aliphatic carbocycles. The molecule has 1 aromatic heterocycles. The Kier molecular flexibility index (Phi) is 4.81. The molecule has 0 amide bonds. The predicted octanol–water partition coefficient (Wildman–Crippen LogP) is 4.29. The van der Waals surface area contributed by atoms with Crippen LogP contribution in [0.15, 0.2) is 72.8 Å². The van der Waals surface area contributed by atoms with Crippen LogP contribution < -0.4 is 5.32 Å². The first-order valence-corrected chi connectivity index (χ1v) is 9.05. The van der Waals surface area contributed by atoms with Crippen LogP contribution in [0.3, 0.4) is 0 Å². The minimum atomic E-state index is -0.580. The number of fused-ring (bicyclic) bond motifs is 2. The van der Waals surface area contributed by atoms with E-state index in [9.17, 15) is 9.90 Å². The second kappa shape index (κ2) is 7.56. The van der Waals surface area contributed by atoms with Crippen molar-refractivity contribution in [3.63, 3.8) is 0 Å². The third kappa shape index (κ3) is 3.47. The molecular weight excluding hydrogens is 352 g/mol. The van der Waals surface area contributed by atoms with Gasteiger partial charge < -0.3 is 15.2 Å². The van der Waals surface area contributed by atoms with E-state index in [2.05, 4.69) is 5.32 Å². The SMILES string of the molecule is COC(=O)C(Cc1ccc(O)cc1)Nc1c2ccccc2nc2ccccc12. The number of pyridine rings is 1. The van der Waals surface area contributed by atoms with Crippen LogP contribution in [0.25, 0.3) is 21.8 Å². The Hall–Kier alpha value is -3.60. The van der Waals surface area contributed by atoms with Crippen molar-refractivity contribution in [2.24, 2.45) is 0 Å². The lowest BCUT2D eigenvalue weighted by atomic mass is 10.0. The molecule has 4 rings (SSSR count). The quantitative estimate of drug-likeness (QED) is 0.404. The number of phenols is 1. The molecule has 0 aliphatic heterocycles. The minimum Gasteiger partial charge on any atom is -0.508 e. The largest absolute Gasteiger partial charge is 0.508 e. The van der Waals surface area contributed by atoms with Crippen LogP contribution in [-0.4, -0.2) is 29.2 Å². The van der Waals surface area contributed by atoms with Gasteiger partial charge in [0.25, 0.3) is 0 Å². The van der Waals surface area contributed by atoms with Crippen LogP contribution in [0.4, 0.5) is 5.69 Å². The molecule has 3 aromatic carbocycles. The Bertz CT molecular complexity index is 1090. The van der Waals surface area contributed by atoms with E-state index in [4.69, 9.17) is 9.72 Å². The van der Waals surface area contributed by atoms with E-state index in [0.29, 0.717) is 6.42 Å². The zero-order valence-corrected chi connectivity index (χ0v) is 15.4. The first-order chi connectivity index (χ1) is 13.7. The average Bonchev–Trinajstić information content (AvgIpc) is 2.73. The van der Waals surface area contributed by atoms with Crippen LogP contribution in [0, 0.1) is 0 Å². The highest BCUT2D eigenvalue weighted by atomic mass is 16.5. The van der Waals surface area contributed by atoms with Crippen molar-refractivity contribution in [3.8, 4) is 5.75 Å². The summed E-state index contributed by atoms with van der Waals surface area (Å²) in [5.41, 5.74) is 3.49. The Morgan fingerprint density at radius 1 is 0.964 bits per heavy atom. The number of hydrogen-bond donors (Lipinski definition) is 2. The highest BCUT2D eigenvalue weighted by Crippen LogP contribution is 2.31. The summed E-state index contributed by atoms with van der Waals surface area (Å²) in [6.07, 6.45) is 0.429. The van der Waals surface area contributed by atoms with Crippen LogP contribution in [-0.2, 0) is 16.0 Å². The Labute approximate surface area is 162 Å². The molecule has 2 N–H and O–H groups in total. The highest BCUT2D eigenvalue weighted by Gasteiger charge is 2.22. The first kappa shape index (κ1) is 17.8. The molecule has 1 atom stereocenters. The number of aromatic nitrogens is 1. The Morgan fingerprint density at radius 2 is 1.54 bits per heavy atom. The van der Waals surface area contributed by atoms with Gasteiger partial charge in [0.05, 0.1) is 23.8 Å². The number of benzene rings is 3. The fourth-order valence-electron chi connectivity index (χ4n) is 3.37. The number of ether oxygens (including phenoxy) is 1. The highest BCUT2D eigenvalue weighted by molar-refractivity contribution is 6.08. The van der Waals surface area contributed by atoms with E-state index in [-0.39, 0.29) is 11.7 Å². The first-order valence-electron chi connectivity index (χ1n) is 9.05. The molecule has 0 saturated carbocycles. The third-order valence-corrected chi connectivity index (χ3v) is 4.77. The molecule has 0 fully saturated rings. The number of nitrogens with zero attached hydrogens (tertiary/aromatic N) is 1.